The van der Waals surface area contributed by atoms with Gasteiger partial charge in [0.1, 0.15) is 24.7 Å². The third-order valence-corrected chi connectivity index (χ3v) is 12.7. The summed E-state index contributed by atoms with van der Waals surface area (Å²) in [7, 11) is -2.20. The van der Waals surface area contributed by atoms with Crippen LogP contribution in [0.3, 0.4) is 0 Å². The van der Waals surface area contributed by atoms with E-state index in [0.717, 1.165) is 35.1 Å². The van der Waals surface area contributed by atoms with Gasteiger partial charge >= 0.3 is 5.97 Å². The highest BCUT2D eigenvalue weighted by molar-refractivity contribution is 6.74. The Labute approximate surface area is 253 Å². The molecule has 0 saturated heterocycles. The highest BCUT2D eigenvalue weighted by Crippen LogP contribution is 2.44. The van der Waals surface area contributed by atoms with Crippen molar-refractivity contribution in [1.29, 1.82) is 0 Å². The van der Waals surface area contributed by atoms with Crippen molar-refractivity contribution in [3.8, 4) is 11.5 Å². The lowest BCUT2D eigenvalue weighted by Gasteiger charge is -2.40. The normalized spacial score (nSPS) is 18.3. The molecule has 6 heteroatoms. The fourth-order valence-electron chi connectivity index (χ4n) is 4.75. The highest BCUT2D eigenvalue weighted by atomic mass is 28.4. The summed E-state index contributed by atoms with van der Waals surface area (Å²) < 4.78 is 25.8. The predicted octanol–water partition coefficient (Wildman–Crippen LogP) is 9.12. The van der Waals surface area contributed by atoms with E-state index in [9.17, 15) is 4.79 Å². The van der Waals surface area contributed by atoms with Crippen molar-refractivity contribution in [2.75, 3.05) is 0 Å². The molecule has 0 spiro atoms. The summed E-state index contributed by atoms with van der Waals surface area (Å²) in [6.07, 6.45) is 6.38. The van der Waals surface area contributed by atoms with Crippen LogP contribution < -0.4 is 9.47 Å². The molecular weight excluding hydrogens is 540 g/mol. The van der Waals surface area contributed by atoms with E-state index in [1.54, 1.807) is 0 Å². The maximum absolute atomic E-state index is 13.3. The molecule has 3 aromatic rings. The van der Waals surface area contributed by atoms with Crippen LogP contribution in [0.1, 0.15) is 75.3 Å². The number of carbonyl (C=O) groups excluding carboxylic acids is 1. The quantitative estimate of drug-likeness (QED) is 0.150. The number of benzene rings is 3. The Hall–Kier alpha value is -3.35. The first-order valence-electron chi connectivity index (χ1n) is 15.0. The Morgan fingerprint density at radius 3 is 2.12 bits per heavy atom. The van der Waals surface area contributed by atoms with Crippen LogP contribution in [0.5, 0.6) is 11.5 Å². The fourth-order valence-corrected chi connectivity index (χ4v) is 6.03. The van der Waals surface area contributed by atoms with Crippen molar-refractivity contribution in [2.24, 2.45) is 0 Å². The van der Waals surface area contributed by atoms with Crippen LogP contribution in [0.15, 0.2) is 84.9 Å². The van der Waals surface area contributed by atoms with Crippen LogP contribution in [0, 0.1) is 0 Å². The summed E-state index contributed by atoms with van der Waals surface area (Å²) in [4.78, 5) is 13.3. The lowest BCUT2D eigenvalue weighted by molar-refractivity contribution is -0.147. The van der Waals surface area contributed by atoms with Gasteiger partial charge in [0.25, 0.3) is 0 Å². The Kier molecular flexibility index (Phi) is 10.7. The number of hydrogen-bond donors (Lipinski definition) is 0. The number of cyclic esters (lactones) is 1. The average molecular weight is 587 g/mol. The Morgan fingerprint density at radius 1 is 0.881 bits per heavy atom. The van der Waals surface area contributed by atoms with E-state index < -0.39 is 8.32 Å². The van der Waals surface area contributed by atoms with Crippen molar-refractivity contribution >= 4 is 14.3 Å². The molecule has 0 aliphatic carbocycles. The molecule has 0 N–H and O–H groups in total. The molecule has 1 aliphatic heterocycles. The molecule has 224 valence electrons. The first-order chi connectivity index (χ1) is 20.0. The average Bonchev–Trinajstić information content (AvgIpc) is 2.94. The van der Waals surface area contributed by atoms with Gasteiger partial charge < -0.3 is 18.6 Å². The van der Waals surface area contributed by atoms with E-state index in [1.165, 1.54) is 0 Å². The van der Waals surface area contributed by atoms with Gasteiger partial charge in [0.15, 0.2) is 8.32 Å². The number of hydrogen-bond acceptors (Lipinski definition) is 5. The van der Waals surface area contributed by atoms with Gasteiger partial charge in [-0.15, -0.1) is 0 Å². The lowest BCUT2D eigenvalue weighted by Crippen LogP contribution is -2.42. The van der Waals surface area contributed by atoms with Crippen LogP contribution >= 0.6 is 0 Å². The van der Waals surface area contributed by atoms with Gasteiger partial charge in [-0.2, -0.15) is 0 Å². The molecule has 0 aromatic heterocycles. The second-order valence-electron chi connectivity index (χ2n) is 12.7. The van der Waals surface area contributed by atoms with Crippen molar-refractivity contribution in [3.63, 3.8) is 0 Å². The second kappa shape index (κ2) is 14.2. The second-order valence-corrected chi connectivity index (χ2v) is 17.4. The number of carbonyl (C=O) groups is 1. The van der Waals surface area contributed by atoms with Crippen LogP contribution in [0.4, 0.5) is 0 Å². The van der Waals surface area contributed by atoms with Gasteiger partial charge in [-0.1, -0.05) is 93.6 Å². The standard InChI is InChI=1S/C36H46O5Si/c1-27-16-10-7-15-21-32(41-42(5,6)36(2,3)4)35-30(23-34(37)40-27)22-31(38-25-28-17-11-8-12-18-28)24-33(35)39-26-29-19-13-9-14-20-29/h7-9,11-15,17-20,22,24,27,32H,10,16,21,23,25-26H2,1-6H3/t27-,32?/m0/s1. The van der Waals surface area contributed by atoms with E-state index in [1.807, 2.05) is 79.7 Å². The molecule has 3 aromatic carbocycles. The SMILES string of the molecule is C[C@H]1CCC=CCC(O[Si](C)(C)C(C)(C)C)c2c(cc(OCc3ccccc3)cc2OCc2ccccc2)CC(=O)O1. The highest BCUT2D eigenvalue weighted by Gasteiger charge is 2.40. The lowest BCUT2D eigenvalue weighted by atomic mass is 9.95. The summed E-state index contributed by atoms with van der Waals surface area (Å²) in [5.41, 5.74) is 3.84. The summed E-state index contributed by atoms with van der Waals surface area (Å²) >= 11 is 0. The molecule has 5 nitrogen and oxygen atoms in total. The maximum Gasteiger partial charge on any atom is 0.310 e. The first kappa shape index (κ1) is 31.6. The third kappa shape index (κ3) is 8.82. The van der Waals surface area contributed by atoms with E-state index in [-0.39, 0.29) is 29.6 Å². The fraction of sp³-hybridized carbons (Fsp3) is 0.417. The van der Waals surface area contributed by atoms with E-state index in [4.69, 9.17) is 18.6 Å². The van der Waals surface area contributed by atoms with Crippen LogP contribution in [-0.2, 0) is 33.6 Å². The van der Waals surface area contributed by atoms with Crippen molar-refractivity contribution in [1.82, 2.24) is 0 Å². The first-order valence-corrected chi connectivity index (χ1v) is 18.0. The van der Waals surface area contributed by atoms with E-state index in [0.29, 0.717) is 31.1 Å². The molecular formula is C36H46O5Si. The van der Waals surface area contributed by atoms with E-state index >= 15 is 0 Å². The number of ether oxygens (including phenoxy) is 3. The van der Waals surface area contributed by atoms with Crippen molar-refractivity contribution < 1.29 is 23.4 Å². The number of rotatable bonds is 8. The Morgan fingerprint density at radius 2 is 1.50 bits per heavy atom. The van der Waals surface area contributed by atoms with Gasteiger partial charge in [-0.25, -0.2) is 0 Å². The van der Waals surface area contributed by atoms with Gasteiger partial charge in [0.2, 0.25) is 0 Å². The molecule has 0 fully saturated rings. The largest absolute Gasteiger partial charge is 0.489 e. The minimum Gasteiger partial charge on any atom is -0.489 e. The summed E-state index contributed by atoms with van der Waals surface area (Å²) in [6.45, 7) is 14.0. The smallest absolute Gasteiger partial charge is 0.310 e. The Balaban J connectivity index is 1.81. The van der Waals surface area contributed by atoms with Crippen LogP contribution in [0.2, 0.25) is 18.1 Å². The molecule has 42 heavy (non-hydrogen) atoms. The van der Waals surface area contributed by atoms with Gasteiger partial charge in [0, 0.05) is 11.6 Å². The Bertz CT molecular complexity index is 1330. The molecule has 1 aliphatic rings. The zero-order valence-corrected chi connectivity index (χ0v) is 27.0. The summed E-state index contributed by atoms with van der Waals surface area (Å²) in [5.74, 6) is 1.07. The molecule has 0 radical (unpaired) electrons. The number of esters is 1. The van der Waals surface area contributed by atoms with Gasteiger partial charge in [-0.3, -0.25) is 4.79 Å². The van der Waals surface area contributed by atoms with Crippen molar-refractivity contribution in [2.45, 2.75) is 96.9 Å². The molecule has 1 unspecified atom stereocenters. The van der Waals surface area contributed by atoms with E-state index in [2.05, 4.69) is 46.0 Å². The molecule has 0 amide bonds. The molecule has 0 saturated carbocycles. The van der Waals surface area contributed by atoms with Gasteiger partial charge in [-0.05, 0) is 67.1 Å². The number of fused-ring (bicyclic) bond motifs is 1. The molecule has 2 atom stereocenters. The molecule has 0 bridgehead atoms. The van der Waals surface area contributed by atoms with Crippen LogP contribution in [0.25, 0.3) is 0 Å². The monoisotopic (exact) mass is 586 g/mol. The van der Waals surface area contributed by atoms with Crippen LogP contribution in [-0.4, -0.2) is 20.4 Å². The third-order valence-electron chi connectivity index (χ3n) is 8.18. The topological polar surface area (TPSA) is 54.0 Å². The van der Waals surface area contributed by atoms with Gasteiger partial charge in [0.05, 0.1) is 18.6 Å². The molecule has 1 heterocycles. The zero-order valence-electron chi connectivity index (χ0n) is 26.0. The predicted molar refractivity (Wildman–Crippen MR) is 171 cm³/mol. The summed E-state index contributed by atoms with van der Waals surface area (Å²) in [5, 5.41) is 0.0126. The minimum absolute atomic E-state index is 0.0126. The van der Waals surface area contributed by atoms with Crippen molar-refractivity contribution in [3.05, 3.63) is 107 Å². The number of allylic oxidation sites excluding steroid dienone is 1. The molecule has 4 rings (SSSR count). The minimum atomic E-state index is -2.20. The maximum atomic E-state index is 13.3. The summed E-state index contributed by atoms with van der Waals surface area (Å²) in [6, 6.07) is 24.1. The zero-order chi connectivity index (χ0) is 30.2.